The third-order valence-corrected chi connectivity index (χ3v) is 4.90. The highest BCUT2D eigenvalue weighted by molar-refractivity contribution is 5.85. The molecule has 0 aromatic carbocycles. The Morgan fingerprint density at radius 1 is 1.48 bits per heavy atom. The number of nitriles is 1. The average molecular weight is 293 g/mol. The first-order valence-corrected chi connectivity index (χ1v) is 8.12. The van der Waals surface area contributed by atoms with Crippen LogP contribution in [-0.4, -0.2) is 49.2 Å². The van der Waals surface area contributed by atoms with Crippen LogP contribution in [0, 0.1) is 16.7 Å². The summed E-state index contributed by atoms with van der Waals surface area (Å²) in [5.74, 6) is -0.0718. The van der Waals surface area contributed by atoms with Gasteiger partial charge in [0.1, 0.15) is 5.41 Å². The van der Waals surface area contributed by atoms with E-state index in [-0.39, 0.29) is 11.9 Å². The van der Waals surface area contributed by atoms with Crippen molar-refractivity contribution in [2.45, 2.75) is 58.0 Å². The number of nitrogens with zero attached hydrogens (tertiary/aromatic N) is 2. The fourth-order valence-corrected chi connectivity index (χ4v) is 3.47. The molecule has 2 atom stereocenters. The Morgan fingerprint density at radius 2 is 2.19 bits per heavy atom. The van der Waals surface area contributed by atoms with Crippen molar-refractivity contribution >= 4 is 5.91 Å². The second-order valence-electron chi connectivity index (χ2n) is 6.48. The maximum Gasteiger partial charge on any atom is 0.240 e. The summed E-state index contributed by atoms with van der Waals surface area (Å²) in [6, 6.07) is 2.93. The molecule has 1 saturated heterocycles. The molecule has 0 bridgehead atoms. The molecule has 2 aliphatic rings. The van der Waals surface area contributed by atoms with E-state index in [2.05, 4.69) is 30.1 Å². The van der Waals surface area contributed by atoms with Crippen LogP contribution in [0.2, 0.25) is 0 Å². The molecule has 1 aliphatic heterocycles. The lowest BCUT2D eigenvalue weighted by Gasteiger charge is -2.38. The van der Waals surface area contributed by atoms with Crippen molar-refractivity contribution in [3.8, 4) is 6.07 Å². The topological polar surface area (TPSA) is 65.4 Å². The van der Waals surface area contributed by atoms with Crippen LogP contribution in [0.1, 0.15) is 46.0 Å². The summed E-state index contributed by atoms with van der Waals surface area (Å²) in [5, 5.41) is 12.4. The van der Waals surface area contributed by atoms with Gasteiger partial charge in [-0.1, -0.05) is 19.3 Å². The minimum Gasteiger partial charge on any atom is -0.379 e. The van der Waals surface area contributed by atoms with Gasteiger partial charge in [-0.25, -0.2) is 0 Å². The maximum atomic E-state index is 12.4. The van der Waals surface area contributed by atoms with Crippen LogP contribution in [-0.2, 0) is 9.53 Å². The third kappa shape index (κ3) is 3.75. The van der Waals surface area contributed by atoms with E-state index in [1.54, 1.807) is 0 Å². The van der Waals surface area contributed by atoms with E-state index < -0.39 is 5.41 Å². The van der Waals surface area contributed by atoms with Crippen LogP contribution < -0.4 is 5.32 Å². The van der Waals surface area contributed by atoms with E-state index in [0.717, 1.165) is 39.0 Å². The smallest absolute Gasteiger partial charge is 0.240 e. The van der Waals surface area contributed by atoms with Gasteiger partial charge in [0.2, 0.25) is 5.91 Å². The van der Waals surface area contributed by atoms with Crippen molar-refractivity contribution in [2.24, 2.45) is 5.41 Å². The number of carbonyl (C=O) groups excluding carboxylic acids is 1. The predicted octanol–water partition coefficient (Wildman–Crippen LogP) is 1.69. The Labute approximate surface area is 127 Å². The summed E-state index contributed by atoms with van der Waals surface area (Å²) >= 11 is 0. The third-order valence-electron chi connectivity index (χ3n) is 4.90. The van der Waals surface area contributed by atoms with Gasteiger partial charge in [-0.15, -0.1) is 0 Å². The van der Waals surface area contributed by atoms with Gasteiger partial charge in [-0.2, -0.15) is 5.26 Å². The van der Waals surface area contributed by atoms with Crippen molar-refractivity contribution in [1.29, 1.82) is 5.26 Å². The molecular weight excluding hydrogens is 266 g/mol. The quantitative estimate of drug-likeness (QED) is 0.856. The summed E-state index contributed by atoms with van der Waals surface area (Å²) in [6.07, 6.45) is 4.52. The average Bonchev–Trinajstić information content (AvgIpc) is 2.53. The number of nitrogens with one attached hydrogen (secondary N) is 1. The monoisotopic (exact) mass is 293 g/mol. The molecule has 0 aromatic rings. The second-order valence-corrected chi connectivity index (χ2v) is 6.48. The van der Waals surface area contributed by atoms with Crippen LogP contribution in [0.3, 0.4) is 0 Å². The Balaban J connectivity index is 1.86. The molecule has 5 nitrogen and oxygen atoms in total. The first kappa shape index (κ1) is 16.3. The molecule has 0 radical (unpaired) electrons. The molecule has 5 heteroatoms. The van der Waals surface area contributed by atoms with Crippen LogP contribution in [0.25, 0.3) is 0 Å². The van der Waals surface area contributed by atoms with Gasteiger partial charge >= 0.3 is 0 Å². The van der Waals surface area contributed by atoms with Gasteiger partial charge < -0.3 is 10.1 Å². The van der Waals surface area contributed by atoms with Crippen molar-refractivity contribution < 1.29 is 9.53 Å². The zero-order valence-corrected chi connectivity index (χ0v) is 13.2. The zero-order chi connectivity index (χ0) is 15.3. The summed E-state index contributed by atoms with van der Waals surface area (Å²) in [6.45, 7) is 7.29. The molecule has 118 valence electrons. The molecule has 21 heavy (non-hydrogen) atoms. The highest BCUT2D eigenvalue weighted by atomic mass is 16.5. The Morgan fingerprint density at radius 3 is 2.81 bits per heavy atom. The molecule has 0 spiro atoms. The van der Waals surface area contributed by atoms with Crippen molar-refractivity contribution in [3.63, 3.8) is 0 Å². The van der Waals surface area contributed by atoms with Gasteiger partial charge in [-0.3, -0.25) is 9.69 Å². The largest absolute Gasteiger partial charge is 0.379 e. The molecule has 0 unspecified atom stereocenters. The number of rotatable bonds is 4. The standard InChI is InChI=1S/C16H27N3O2/c1-13(19-8-9-21-11-14(19)2)10-18-15(20)16(12-17)6-4-3-5-7-16/h13-14H,3-11H2,1-2H3,(H,18,20)/t13-,14+/m1/s1. The Hall–Kier alpha value is -1.12. The number of ether oxygens (including phenoxy) is 1. The molecular formula is C16H27N3O2. The molecule has 2 rings (SSSR count). The minimum atomic E-state index is -0.783. The van der Waals surface area contributed by atoms with E-state index >= 15 is 0 Å². The molecule has 1 heterocycles. The minimum absolute atomic E-state index is 0.0718. The first-order chi connectivity index (χ1) is 10.1. The summed E-state index contributed by atoms with van der Waals surface area (Å²) in [4.78, 5) is 14.8. The van der Waals surface area contributed by atoms with Gasteiger partial charge in [0.15, 0.2) is 0 Å². The van der Waals surface area contributed by atoms with Gasteiger partial charge in [0, 0.05) is 25.2 Å². The lowest BCUT2D eigenvalue weighted by Crippen LogP contribution is -2.53. The zero-order valence-electron chi connectivity index (χ0n) is 13.2. The van der Waals surface area contributed by atoms with Gasteiger partial charge in [0.25, 0.3) is 0 Å². The Bertz CT molecular complexity index is 399. The van der Waals surface area contributed by atoms with Crippen LogP contribution in [0.15, 0.2) is 0 Å². The fraction of sp³-hybridized carbons (Fsp3) is 0.875. The highest BCUT2D eigenvalue weighted by Gasteiger charge is 2.39. The normalized spacial score (nSPS) is 27.6. The van der Waals surface area contributed by atoms with Gasteiger partial charge in [0.05, 0.1) is 19.3 Å². The molecule has 1 saturated carbocycles. The van der Waals surface area contributed by atoms with E-state index in [1.807, 2.05) is 0 Å². The second kappa shape index (κ2) is 7.24. The summed E-state index contributed by atoms with van der Waals surface area (Å²) < 4.78 is 5.44. The number of hydrogen-bond donors (Lipinski definition) is 1. The molecule has 1 N–H and O–H groups in total. The lowest BCUT2D eigenvalue weighted by molar-refractivity contribution is -0.130. The van der Waals surface area contributed by atoms with Crippen molar-refractivity contribution in [1.82, 2.24) is 10.2 Å². The van der Waals surface area contributed by atoms with E-state index in [0.29, 0.717) is 25.4 Å². The first-order valence-electron chi connectivity index (χ1n) is 8.12. The number of amides is 1. The molecule has 1 aliphatic carbocycles. The van der Waals surface area contributed by atoms with E-state index in [1.165, 1.54) is 0 Å². The van der Waals surface area contributed by atoms with Gasteiger partial charge in [-0.05, 0) is 26.7 Å². The summed E-state index contributed by atoms with van der Waals surface area (Å²) in [7, 11) is 0. The van der Waals surface area contributed by atoms with Crippen molar-refractivity contribution in [3.05, 3.63) is 0 Å². The SMILES string of the molecule is C[C@H](CNC(=O)C1(C#N)CCCCC1)N1CCOC[C@@H]1C. The highest BCUT2D eigenvalue weighted by Crippen LogP contribution is 2.35. The van der Waals surface area contributed by atoms with E-state index in [4.69, 9.17) is 4.74 Å². The fourth-order valence-electron chi connectivity index (χ4n) is 3.47. The number of carbonyl (C=O) groups is 1. The predicted molar refractivity (Wildman–Crippen MR) is 80.6 cm³/mol. The van der Waals surface area contributed by atoms with E-state index in [9.17, 15) is 10.1 Å². The number of hydrogen-bond acceptors (Lipinski definition) is 4. The van der Waals surface area contributed by atoms with Crippen LogP contribution >= 0.6 is 0 Å². The summed E-state index contributed by atoms with van der Waals surface area (Å²) in [5.41, 5.74) is -0.783. The van der Waals surface area contributed by atoms with Crippen LogP contribution in [0.4, 0.5) is 0 Å². The Kier molecular flexibility index (Phi) is 5.60. The van der Waals surface area contributed by atoms with Crippen molar-refractivity contribution in [2.75, 3.05) is 26.3 Å². The molecule has 0 aromatic heterocycles. The number of morpholine rings is 1. The molecule has 1 amide bonds. The maximum absolute atomic E-state index is 12.4. The molecule has 2 fully saturated rings. The van der Waals surface area contributed by atoms with Crippen LogP contribution in [0.5, 0.6) is 0 Å². The lowest BCUT2D eigenvalue weighted by atomic mass is 9.74.